The molecule has 1 heterocycles. The predicted molar refractivity (Wildman–Crippen MR) is 82.0 cm³/mol. The maximum Gasteiger partial charge on any atom is 0.353 e. The van der Waals surface area contributed by atoms with Crippen LogP contribution in [0.5, 0.6) is 0 Å². The number of rotatable bonds is 5. The van der Waals surface area contributed by atoms with Crippen molar-refractivity contribution in [2.45, 2.75) is 20.8 Å². The van der Waals surface area contributed by atoms with E-state index in [4.69, 9.17) is 0 Å². The van der Waals surface area contributed by atoms with E-state index in [1.165, 1.54) is 6.33 Å². The fraction of sp³-hybridized carbons (Fsp3) is 0.286. The summed E-state index contributed by atoms with van der Waals surface area (Å²) in [7, 11) is 0. The van der Waals surface area contributed by atoms with Crippen molar-refractivity contribution in [2.24, 2.45) is 0 Å². The summed E-state index contributed by atoms with van der Waals surface area (Å²) in [6.07, 6.45) is 1.30. The summed E-state index contributed by atoms with van der Waals surface area (Å²) < 4.78 is 0. The maximum atomic E-state index is 11.3. The Hall–Kier alpha value is -2.70. The van der Waals surface area contributed by atoms with Gasteiger partial charge in [-0.3, -0.25) is 10.1 Å². The molecule has 0 aliphatic heterocycles. The largest absolute Gasteiger partial charge is 0.364 e. The highest BCUT2D eigenvalue weighted by atomic mass is 16.6. The zero-order valence-corrected chi connectivity index (χ0v) is 12.2. The van der Waals surface area contributed by atoms with Crippen LogP contribution < -0.4 is 10.6 Å². The van der Waals surface area contributed by atoms with Crippen molar-refractivity contribution < 1.29 is 4.92 Å². The Bertz CT molecular complexity index is 672. The molecule has 1 aromatic carbocycles. The van der Waals surface area contributed by atoms with E-state index >= 15 is 0 Å². The van der Waals surface area contributed by atoms with Crippen LogP contribution in [0.2, 0.25) is 0 Å². The van der Waals surface area contributed by atoms with Crippen LogP contribution in [-0.4, -0.2) is 21.4 Å². The number of aryl methyl sites for hydroxylation is 2. The third kappa shape index (κ3) is 3.25. The first-order valence-corrected chi connectivity index (χ1v) is 6.60. The maximum absolute atomic E-state index is 11.3. The van der Waals surface area contributed by atoms with Gasteiger partial charge in [0.2, 0.25) is 11.6 Å². The highest BCUT2D eigenvalue weighted by Crippen LogP contribution is 2.32. The van der Waals surface area contributed by atoms with Crippen LogP contribution in [0, 0.1) is 24.0 Å². The molecule has 21 heavy (non-hydrogen) atoms. The first-order valence-electron chi connectivity index (χ1n) is 6.60. The van der Waals surface area contributed by atoms with Crippen molar-refractivity contribution in [1.29, 1.82) is 0 Å². The number of nitro groups is 1. The molecule has 0 radical (unpaired) electrons. The number of aromatic nitrogens is 2. The third-order valence-electron chi connectivity index (χ3n) is 3.00. The summed E-state index contributed by atoms with van der Waals surface area (Å²) in [6.45, 7) is 6.29. The lowest BCUT2D eigenvalue weighted by molar-refractivity contribution is -0.383. The molecule has 0 amide bonds. The van der Waals surface area contributed by atoms with Crippen LogP contribution in [0.4, 0.5) is 23.0 Å². The van der Waals surface area contributed by atoms with Gasteiger partial charge in [0, 0.05) is 12.2 Å². The smallest absolute Gasteiger partial charge is 0.353 e. The van der Waals surface area contributed by atoms with Crippen LogP contribution in [0.1, 0.15) is 18.1 Å². The summed E-state index contributed by atoms with van der Waals surface area (Å²) in [5.74, 6) is 0.393. The molecular weight excluding hydrogens is 270 g/mol. The Morgan fingerprint density at radius 3 is 2.62 bits per heavy atom. The lowest BCUT2D eigenvalue weighted by Gasteiger charge is -2.11. The zero-order chi connectivity index (χ0) is 15.4. The molecule has 0 atom stereocenters. The van der Waals surface area contributed by atoms with Gasteiger partial charge in [-0.1, -0.05) is 12.1 Å². The van der Waals surface area contributed by atoms with Crippen molar-refractivity contribution in [3.63, 3.8) is 0 Å². The van der Waals surface area contributed by atoms with E-state index in [-0.39, 0.29) is 17.3 Å². The second-order valence-electron chi connectivity index (χ2n) is 4.65. The summed E-state index contributed by atoms with van der Waals surface area (Å²) in [4.78, 5) is 18.8. The second-order valence-corrected chi connectivity index (χ2v) is 4.65. The molecule has 0 fully saturated rings. The Morgan fingerprint density at radius 2 is 1.95 bits per heavy atom. The molecule has 0 aliphatic rings. The standard InChI is InChI=1S/C14H17N5O2/c1-4-15-13-12(19(20)21)14(17-8-16-13)18-11-7-9(2)5-6-10(11)3/h5-8H,4H2,1-3H3,(H2,15,16,17,18). The van der Waals surface area contributed by atoms with E-state index in [1.807, 2.05) is 39.0 Å². The van der Waals surface area contributed by atoms with Crippen molar-refractivity contribution in [2.75, 3.05) is 17.2 Å². The number of nitrogens with zero attached hydrogens (tertiary/aromatic N) is 3. The summed E-state index contributed by atoms with van der Waals surface area (Å²) in [5, 5.41) is 17.2. The quantitative estimate of drug-likeness (QED) is 0.648. The Balaban J connectivity index is 2.46. The SMILES string of the molecule is CCNc1ncnc(Nc2cc(C)ccc2C)c1[N+](=O)[O-]. The minimum absolute atomic E-state index is 0.153. The number of nitrogens with one attached hydrogen (secondary N) is 2. The Kier molecular flexibility index (Phi) is 4.32. The van der Waals surface area contributed by atoms with Gasteiger partial charge in [-0.25, -0.2) is 9.97 Å². The Morgan fingerprint density at radius 1 is 1.24 bits per heavy atom. The van der Waals surface area contributed by atoms with Gasteiger partial charge in [-0.15, -0.1) is 0 Å². The van der Waals surface area contributed by atoms with Crippen molar-refractivity contribution in [1.82, 2.24) is 9.97 Å². The zero-order valence-electron chi connectivity index (χ0n) is 12.2. The van der Waals surface area contributed by atoms with E-state index < -0.39 is 4.92 Å². The van der Waals surface area contributed by atoms with E-state index in [1.54, 1.807) is 0 Å². The molecule has 7 heteroatoms. The minimum atomic E-state index is -0.481. The first kappa shape index (κ1) is 14.7. The minimum Gasteiger partial charge on any atom is -0.364 e. The summed E-state index contributed by atoms with van der Waals surface area (Å²) >= 11 is 0. The summed E-state index contributed by atoms with van der Waals surface area (Å²) in [5.41, 5.74) is 2.68. The van der Waals surface area contributed by atoms with Gasteiger partial charge in [0.25, 0.3) is 0 Å². The van der Waals surface area contributed by atoms with Gasteiger partial charge in [-0.2, -0.15) is 0 Å². The van der Waals surface area contributed by atoms with Gasteiger partial charge in [0.1, 0.15) is 6.33 Å². The fourth-order valence-electron chi connectivity index (χ4n) is 1.94. The second kappa shape index (κ2) is 6.17. The van der Waals surface area contributed by atoms with Crippen LogP contribution in [0.3, 0.4) is 0 Å². The van der Waals surface area contributed by atoms with Crippen LogP contribution in [0.25, 0.3) is 0 Å². The topological polar surface area (TPSA) is 93.0 Å². The van der Waals surface area contributed by atoms with Gasteiger partial charge in [-0.05, 0) is 38.0 Å². The van der Waals surface area contributed by atoms with E-state index in [9.17, 15) is 10.1 Å². The molecule has 2 aromatic rings. The lowest BCUT2D eigenvalue weighted by atomic mass is 10.1. The van der Waals surface area contributed by atoms with Crippen molar-refractivity contribution in [3.8, 4) is 0 Å². The molecule has 2 rings (SSSR count). The number of hydrogen-bond acceptors (Lipinski definition) is 6. The average molecular weight is 287 g/mol. The highest BCUT2D eigenvalue weighted by Gasteiger charge is 2.22. The van der Waals surface area contributed by atoms with Gasteiger partial charge in [0.05, 0.1) is 4.92 Å². The predicted octanol–water partition coefficient (Wildman–Crippen LogP) is 3.18. The molecule has 0 bridgehead atoms. The van der Waals surface area contributed by atoms with E-state index in [0.29, 0.717) is 6.54 Å². The third-order valence-corrected chi connectivity index (χ3v) is 3.00. The van der Waals surface area contributed by atoms with E-state index in [2.05, 4.69) is 20.6 Å². The highest BCUT2D eigenvalue weighted by molar-refractivity contribution is 5.74. The first-order chi connectivity index (χ1) is 10.0. The summed E-state index contributed by atoms with van der Waals surface area (Å²) in [6, 6.07) is 5.86. The molecule has 1 aromatic heterocycles. The number of anilines is 3. The molecule has 0 spiro atoms. The molecule has 2 N–H and O–H groups in total. The van der Waals surface area contributed by atoms with E-state index in [0.717, 1.165) is 16.8 Å². The van der Waals surface area contributed by atoms with Gasteiger partial charge in [0.15, 0.2) is 0 Å². The van der Waals surface area contributed by atoms with Crippen LogP contribution in [-0.2, 0) is 0 Å². The van der Waals surface area contributed by atoms with Crippen molar-refractivity contribution in [3.05, 3.63) is 45.8 Å². The fourth-order valence-corrected chi connectivity index (χ4v) is 1.94. The normalized spacial score (nSPS) is 10.2. The van der Waals surface area contributed by atoms with Gasteiger partial charge >= 0.3 is 5.69 Å². The molecule has 0 saturated carbocycles. The molecule has 0 unspecified atom stereocenters. The molecular formula is C14H17N5O2. The van der Waals surface area contributed by atoms with Crippen LogP contribution >= 0.6 is 0 Å². The number of hydrogen-bond donors (Lipinski definition) is 2. The van der Waals surface area contributed by atoms with Crippen LogP contribution in [0.15, 0.2) is 24.5 Å². The Labute approximate surface area is 122 Å². The monoisotopic (exact) mass is 287 g/mol. The molecule has 0 aliphatic carbocycles. The lowest BCUT2D eigenvalue weighted by Crippen LogP contribution is -2.08. The molecule has 7 nitrogen and oxygen atoms in total. The average Bonchev–Trinajstić information content (AvgIpc) is 2.43. The molecule has 110 valence electrons. The van der Waals surface area contributed by atoms with Crippen molar-refractivity contribution >= 4 is 23.0 Å². The molecule has 0 saturated heterocycles. The van der Waals surface area contributed by atoms with Gasteiger partial charge < -0.3 is 10.6 Å². The number of benzene rings is 1.